The van der Waals surface area contributed by atoms with E-state index in [4.69, 9.17) is 4.42 Å². The Morgan fingerprint density at radius 1 is 1.08 bits per heavy atom. The first-order chi connectivity index (χ1) is 12.1. The minimum Gasteiger partial charge on any atom is -0.465 e. The summed E-state index contributed by atoms with van der Waals surface area (Å²) in [4.78, 5) is 28.4. The van der Waals surface area contributed by atoms with Crippen LogP contribution in [0.3, 0.4) is 0 Å². The molecular formula is C19H21N3O3. The van der Waals surface area contributed by atoms with E-state index in [1.165, 1.54) is 6.08 Å². The number of benzene rings is 1. The quantitative estimate of drug-likeness (QED) is 0.868. The number of furan rings is 1. The van der Waals surface area contributed by atoms with E-state index in [0.29, 0.717) is 17.0 Å². The smallest absolute Gasteiger partial charge is 0.253 e. The third-order valence-corrected chi connectivity index (χ3v) is 4.13. The van der Waals surface area contributed by atoms with Gasteiger partial charge in [0.2, 0.25) is 5.91 Å². The summed E-state index contributed by atoms with van der Waals surface area (Å²) in [7, 11) is 2.06. The minimum atomic E-state index is -0.255. The summed E-state index contributed by atoms with van der Waals surface area (Å²) in [5.41, 5.74) is 1.28. The molecule has 1 saturated heterocycles. The molecule has 3 rings (SSSR count). The number of nitrogens with one attached hydrogen (secondary N) is 1. The molecule has 130 valence electrons. The Balaban J connectivity index is 1.56. The Bertz CT molecular complexity index is 743. The van der Waals surface area contributed by atoms with Crippen molar-refractivity contribution in [3.05, 3.63) is 60.1 Å². The lowest BCUT2D eigenvalue weighted by Crippen LogP contribution is -2.47. The van der Waals surface area contributed by atoms with Crippen molar-refractivity contribution in [1.82, 2.24) is 9.80 Å². The Morgan fingerprint density at radius 2 is 1.80 bits per heavy atom. The molecule has 0 aliphatic carbocycles. The van der Waals surface area contributed by atoms with Crippen LogP contribution in [0.15, 0.2) is 53.2 Å². The second-order valence-corrected chi connectivity index (χ2v) is 6.01. The molecule has 0 radical (unpaired) electrons. The highest BCUT2D eigenvalue weighted by Crippen LogP contribution is 2.13. The van der Waals surface area contributed by atoms with Gasteiger partial charge in [-0.3, -0.25) is 9.59 Å². The number of anilines is 1. The summed E-state index contributed by atoms with van der Waals surface area (Å²) in [6.07, 6.45) is 4.55. The molecule has 25 heavy (non-hydrogen) atoms. The van der Waals surface area contributed by atoms with Crippen molar-refractivity contribution >= 4 is 23.6 Å². The molecule has 0 atom stereocenters. The zero-order valence-electron chi connectivity index (χ0n) is 14.1. The van der Waals surface area contributed by atoms with Crippen LogP contribution < -0.4 is 5.32 Å². The molecule has 0 spiro atoms. The van der Waals surface area contributed by atoms with Crippen LogP contribution in [0.2, 0.25) is 0 Å². The summed E-state index contributed by atoms with van der Waals surface area (Å²) in [5, 5.41) is 2.76. The first-order valence-corrected chi connectivity index (χ1v) is 8.22. The lowest BCUT2D eigenvalue weighted by Gasteiger charge is -2.32. The van der Waals surface area contributed by atoms with Crippen LogP contribution >= 0.6 is 0 Å². The highest BCUT2D eigenvalue weighted by molar-refractivity contribution is 6.02. The van der Waals surface area contributed by atoms with Gasteiger partial charge in [0.1, 0.15) is 5.76 Å². The maximum atomic E-state index is 12.5. The molecule has 0 bridgehead atoms. The fourth-order valence-corrected chi connectivity index (χ4v) is 2.62. The number of likely N-dealkylation sites (N-methyl/N-ethyl adjacent to an activating group) is 1. The van der Waals surface area contributed by atoms with Gasteiger partial charge in [-0.2, -0.15) is 0 Å². The summed E-state index contributed by atoms with van der Waals surface area (Å²) in [5.74, 6) is 0.390. The molecule has 1 N–H and O–H groups in total. The van der Waals surface area contributed by atoms with Crippen molar-refractivity contribution in [2.75, 3.05) is 38.5 Å². The van der Waals surface area contributed by atoms with E-state index >= 15 is 0 Å². The van der Waals surface area contributed by atoms with E-state index in [2.05, 4.69) is 17.3 Å². The van der Waals surface area contributed by atoms with Crippen LogP contribution in [-0.2, 0) is 4.79 Å². The van der Waals surface area contributed by atoms with E-state index in [9.17, 15) is 9.59 Å². The predicted molar refractivity (Wildman–Crippen MR) is 96.2 cm³/mol. The van der Waals surface area contributed by atoms with E-state index in [1.807, 2.05) is 4.90 Å². The second kappa shape index (κ2) is 7.81. The van der Waals surface area contributed by atoms with E-state index < -0.39 is 0 Å². The van der Waals surface area contributed by atoms with Gasteiger partial charge < -0.3 is 19.5 Å². The van der Waals surface area contributed by atoms with E-state index in [0.717, 1.165) is 26.2 Å². The van der Waals surface area contributed by atoms with Gasteiger partial charge in [-0.05, 0) is 49.5 Å². The molecule has 6 nitrogen and oxygen atoms in total. The minimum absolute atomic E-state index is 0.0312. The highest BCUT2D eigenvalue weighted by atomic mass is 16.3. The molecule has 0 saturated carbocycles. The number of carbonyl (C=O) groups excluding carboxylic acids is 2. The van der Waals surface area contributed by atoms with Gasteiger partial charge in [-0.25, -0.2) is 0 Å². The zero-order chi connectivity index (χ0) is 17.6. The van der Waals surface area contributed by atoms with E-state index in [-0.39, 0.29) is 11.8 Å². The summed E-state index contributed by atoms with van der Waals surface area (Å²) in [6, 6.07) is 10.5. The molecule has 1 aromatic carbocycles. The molecule has 2 heterocycles. The van der Waals surface area contributed by atoms with Crippen molar-refractivity contribution in [2.24, 2.45) is 0 Å². The predicted octanol–water partition coefficient (Wildman–Crippen LogP) is 2.32. The monoisotopic (exact) mass is 339 g/mol. The van der Waals surface area contributed by atoms with Crippen LogP contribution in [0.25, 0.3) is 6.08 Å². The molecule has 2 aromatic rings. The Hall–Kier alpha value is -2.86. The summed E-state index contributed by atoms with van der Waals surface area (Å²) < 4.78 is 5.13. The number of hydrogen-bond acceptors (Lipinski definition) is 4. The zero-order valence-corrected chi connectivity index (χ0v) is 14.1. The number of rotatable bonds is 4. The number of hydrogen-bond donors (Lipinski definition) is 1. The maximum Gasteiger partial charge on any atom is 0.253 e. The molecule has 1 fully saturated rings. The molecule has 0 unspecified atom stereocenters. The fraction of sp³-hybridized carbons (Fsp3) is 0.263. The fourth-order valence-electron chi connectivity index (χ4n) is 2.62. The Morgan fingerprint density at radius 3 is 2.44 bits per heavy atom. The Kier molecular flexibility index (Phi) is 5.30. The topological polar surface area (TPSA) is 65.8 Å². The first-order valence-electron chi connectivity index (χ1n) is 8.22. The average molecular weight is 339 g/mol. The van der Waals surface area contributed by atoms with Gasteiger partial charge in [0.15, 0.2) is 0 Å². The molecule has 6 heteroatoms. The van der Waals surface area contributed by atoms with Crippen molar-refractivity contribution < 1.29 is 14.0 Å². The number of piperazine rings is 1. The number of carbonyl (C=O) groups is 2. The van der Waals surface area contributed by atoms with E-state index in [1.54, 1.807) is 48.7 Å². The van der Waals surface area contributed by atoms with Crippen molar-refractivity contribution in [2.45, 2.75) is 0 Å². The Labute approximate surface area is 146 Å². The van der Waals surface area contributed by atoms with Gasteiger partial charge >= 0.3 is 0 Å². The number of nitrogens with zero attached hydrogens (tertiary/aromatic N) is 2. The molecule has 1 aromatic heterocycles. The normalized spacial score (nSPS) is 15.5. The number of amides is 2. The molecule has 1 aliphatic rings. The lowest BCUT2D eigenvalue weighted by molar-refractivity contribution is -0.111. The van der Waals surface area contributed by atoms with Gasteiger partial charge in [-0.15, -0.1) is 0 Å². The second-order valence-electron chi connectivity index (χ2n) is 6.01. The third kappa shape index (κ3) is 4.58. The standard InChI is InChI=1S/C19H21N3O3/c1-21-10-12-22(13-11-21)19(24)15-4-6-16(7-5-15)20-18(23)9-8-17-3-2-14-25-17/h2-9,14H,10-13H2,1H3,(H,20,23)/b9-8+. The maximum absolute atomic E-state index is 12.5. The van der Waals surface area contributed by atoms with Crippen LogP contribution in [0, 0.1) is 0 Å². The van der Waals surface area contributed by atoms with Crippen molar-refractivity contribution in [1.29, 1.82) is 0 Å². The van der Waals surface area contributed by atoms with Crippen LogP contribution in [-0.4, -0.2) is 54.8 Å². The lowest BCUT2D eigenvalue weighted by atomic mass is 10.1. The van der Waals surface area contributed by atoms with Gasteiger partial charge in [0.25, 0.3) is 5.91 Å². The third-order valence-electron chi connectivity index (χ3n) is 4.13. The molecule has 1 aliphatic heterocycles. The van der Waals surface area contributed by atoms with Crippen LogP contribution in [0.5, 0.6) is 0 Å². The molecular weight excluding hydrogens is 318 g/mol. The van der Waals surface area contributed by atoms with Crippen molar-refractivity contribution in [3.8, 4) is 0 Å². The van der Waals surface area contributed by atoms with Crippen LogP contribution in [0.4, 0.5) is 5.69 Å². The van der Waals surface area contributed by atoms with Gasteiger partial charge in [0.05, 0.1) is 6.26 Å². The van der Waals surface area contributed by atoms with Gasteiger partial charge in [0, 0.05) is 43.5 Å². The average Bonchev–Trinajstić information content (AvgIpc) is 3.14. The highest BCUT2D eigenvalue weighted by Gasteiger charge is 2.20. The SMILES string of the molecule is CN1CCN(C(=O)c2ccc(NC(=O)/C=C/c3ccco3)cc2)CC1. The summed E-state index contributed by atoms with van der Waals surface area (Å²) in [6.45, 7) is 3.26. The first kappa shape index (κ1) is 17.0. The van der Waals surface area contributed by atoms with Crippen molar-refractivity contribution in [3.63, 3.8) is 0 Å². The molecule has 2 amide bonds. The van der Waals surface area contributed by atoms with Crippen LogP contribution in [0.1, 0.15) is 16.1 Å². The summed E-state index contributed by atoms with van der Waals surface area (Å²) >= 11 is 0. The largest absolute Gasteiger partial charge is 0.465 e. The van der Waals surface area contributed by atoms with Gasteiger partial charge in [-0.1, -0.05) is 0 Å².